The van der Waals surface area contributed by atoms with Crippen LogP contribution in [0.2, 0.25) is 0 Å². The van der Waals surface area contributed by atoms with Gasteiger partial charge in [0.1, 0.15) is 6.04 Å². The molecular weight excluding hydrogens is 270 g/mol. The van der Waals surface area contributed by atoms with Gasteiger partial charge >= 0.3 is 12.0 Å². The summed E-state index contributed by atoms with van der Waals surface area (Å²) in [4.78, 5) is 24.8. The van der Waals surface area contributed by atoms with Gasteiger partial charge in [0.25, 0.3) is 0 Å². The van der Waals surface area contributed by atoms with Gasteiger partial charge in [-0.2, -0.15) is 5.26 Å². The van der Waals surface area contributed by atoms with E-state index in [1.165, 1.54) is 4.90 Å². The molecule has 0 saturated heterocycles. The summed E-state index contributed by atoms with van der Waals surface area (Å²) >= 11 is 0. The van der Waals surface area contributed by atoms with Gasteiger partial charge in [-0.05, 0) is 18.6 Å². The average molecular weight is 289 g/mol. The molecule has 0 aliphatic heterocycles. The van der Waals surface area contributed by atoms with Gasteiger partial charge in [-0.1, -0.05) is 31.5 Å². The summed E-state index contributed by atoms with van der Waals surface area (Å²) in [6, 6.07) is 9.43. The minimum atomic E-state index is -1.06. The number of anilines is 1. The van der Waals surface area contributed by atoms with Crippen LogP contribution in [0.5, 0.6) is 0 Å². The maximum Gasteiger partial charge on any atom is 0.326 e. The summed E-state index contributed by atoms with van der Waals surface area (Å²) < 4.78 is 0. The van der Waals surface area contributed by atoms with Gasteiger partial charge in [-0.15, -0.1) is 0 Å². The number of hydrogen-bond donors (Lipinski definition) is 2. The Morgan fingerprint density at radius 3 is 2.57 bits per heavy atom. The van der Waals surface area contributed by atoms with Crippen molar-refractivity contribution in [3.63, 3.8) is 0 Å². The Kier molecular flexibility index (Phi) is 6.75. The number of hydrogen-bond acceptors (Lipinski definition) is 3. The van der Waals surface area contributed by atoms with E-state index in [2.05, 4.69) is 5.32 Å². The molecule has 0 heterocycles. The molecule has 1 aromatic rings. The van der Waals surface area contributed by atoms with E-state index in [9.17, 15) is 9.59 Å². The number of rotatable bonds is 7. The van der Waals surface area contributed by atoms with Gasteiger partial charge in [0.15, 0.2) is 0 Å². The Bertz CT molecular complexity index is 511. The quantitative estimate of drug-likeness (QED) is 0.805. The third kappa shape index (κ3) is 5.15. The molecule has 1 rings (SSSR count). The smallest absolute Gasteiger partial charge is 0.326 e. The number of carbonyl (C=O) groups excluding carboxylic acids is 1. The number of carboxylic acids is 1. The van der Waals surface area contributed by atoms with Crippen molar-refractivity contribution in [2.24, 2.45) is 0 Å². The molecule has 2 N–H and O–H groups in total. The summed E-state index contributed by atoms with van der Waals surface area (Å²) in [7, 11) is 0. The Hall–Kier alpha value is -2.55. The number of nitrogens with zero attached hydrogens (tertiary/aromatic N) is 2. The van der Waals surface area contributed by atoms with Gasteiger partial charge in [-0.25, -0.2) is 9.59 Å². The monoisotopic (exact) mass is 289 g/mol. The van der Waals surface area contributed by atoms with Crippen LogP contribution in [0.25, 0.3) is 0 Å². The number of benzene rings is 1. The third-order valence-corrected chi connectivity index (χ3v) is 2.93. The molecule has 1 atom stereocenters. The van der Waals surface area contributed by atoms with Crippen LogP contribution in [-0.4, -0.2) is 29.7 Å². The minimum Gasteiger partial charge on any atom is -0.480 e. The molecule has 1 unspecified atom stereocenters. The van der Waals surface area contributed by atoms with Crippen molar-refractivity contribution in [1.29, 1.82) is 5.26 Å². The van der Waals surface area contributed by atoms with Crippen LogP contribution in [0.15, 0.2) is 30.3 Å². The molecule has 0 aliphatic rings. The Labute approximate surface area is 124 Å². The van der Waals surface area contributed by atoms with Crippen LogP contribution >= 0.6 is 0 Å². The van der Waals surface area contributed by atoms with E-state index >= 15 is 0 Å². The number of amides is 2. The first-order valence-electron chi connectivity index (χ1n) is 6.83. The predicted octanol–water partition coefficient (Wildman–Crippen LogP) is 2.37. The highest BCUT2D eigenvalue weighted by Crippen LogP contribution is 2.14. The van der Waals surface area contributed by atoms with E-state index < -0.39 is 18.0 Å². The first-order chi connectivity index (χ1) is 10.1. The lowest BCUT2D eigenvalue weighted by Gasteiger charge is -2.24. The van der Waals surface area contributed by atoms with Gasteiger partial charge in [0.2, 0.25) is 0 Å². The molecule has 0 spiro atoms. The summed E-state index contributed by atoms with van der Waals surface area (Å²) in [5, 5.41) is 20.3. The summed E-state index contributed by atoms with van der Waals surface area (Å²) in [5.41, 5.74) is 0.630. The highest BCUT2D eigenvalue weighted by molar-refractivity contribution is 5.94. The number of carbonyl (C=O) groups is 2. The Morgan fingerprint density at radius 1 is 1.38 bits per heavy atom. The third-order valence-electron chi connectivity index (χ3n) is 2.93. The van der Waals surface area contributed by atoms with Crippen LogP contribution < -0.4 is 10.2 Å². The normalized spacial score (nSPS) is 11.2. The number of carboxylic acid groups (broad SMARTS) is 1. The second-order valence-electron chi connectivity index (χ2n) is 4.52. The van der Waals surface area contributed by atoms with Gasteiger partial charge in [0.05, 0.1) is 12.5 Å². The van der Waals surface area contributed by atoms with Crippen LogP contribution in [0.4, 0.5) is 10.5 Å². The zero-order valence-corrected chi connectivity index (χ0v) is 12.0. The van der Waals surface area contributed by atoms with Crippen molar-refractivity contribution in [3.8, 4) is 6.07 Å². The maximum absolute atomic E-state index is 12.3. The van der Waals surface area contributed by atoms with E-state index in [1.807, 2.05) is 19.1 Å². The van der Waals surface area contributed by atoms with Crippen LogP contribution in [0.3, 0.4) is 0 Å². The number of urea groups is 1. The van der Waals surface area contributed by atoms with Crippen molar-refractivity contribution >= 4 is 17.7 Å². The fourth-order valence-electron chi connectivity index (χ4n) is 1.89. The minimum absolute atomic E-state index is 0.174. The molecule has 6 heteroatoms. The predicted molar refractivity (Wildman–Crippen MR) is 78.9 cm³/mol. The molecular formula is C15H19N3O3. The van der Waals surface area contributed by atoms with E-state index in [-0.39, 0.29) is 13.0 Å². The topological polar surface area (TPSA) is 93.4 Å². The number of nitrogens with one attached hydrogen (secondary N) is 1. The SMILES string of the molecule is CCCC(NC(=O)N(CCC#N)c1ccccc1)C(=O)O. The second-order valence-corrected chi connectivity index (χ2v) is 4.52. The van der Waals surface area contributed by atoms with Crippen molar-refractivity contribution in [2.75, 3.05) is 11.4 Å². The molecule has 2 amide bonds. The summed E-state index contributed by atoms with van der Waals surface area (Å²) in [5.74, 6) is -1.06. The summed E-state index contributed by atoms with van der Waals surface area (Å²) in [6.45, 7) is 2.07. The first kappa shape index (κ1) is 16.5. The lowest BCUT2D eigenvalue weighted by atomic mass is 10.2. The van der Waals surface area contributed by atoms with Crippen molar-refractivity contribution in [2.45, 2.75) is 32.2 Å². The van der Waals surface area contributed by atoms with E-state index in [4.69, 9.17) is 10.4 Å². The summed E-state index contributed by atoms with van der Waals surface area (Å²) in [6.07, 6.45) is 1.19. The molecule has 0 saturated carbocycles. The molecule has 0 aliphatic carbocycles. The number of para-hydroxylation sites is 1. The maximum atomic E-state index is 12.3. The molecule has 6 nitrogen and oxygen atoms in total. The first-order valence-corrected chi connectivity index (χ1v) is 6.83. The van der Waals surface area contributed by atoms with Crippen LogP contribution in [-0.2, 0) is 4.79 Å². The molecule has 0 aromatic heterocycles. The zero-order valence-electron chi connectivity index (χ0n) is 12.0. The van der Waals surface area contributed by atoms with Crippen molar-refractivity contribution in [1.82, 2.24) is 5.32 Å². The highest BCUT2D eigenvalue weighted by atomic mass is 16.4. The number of nitriles is 1. The molecule has 21 heavy (non-hydrogen) atoms. The van der Waals surface area contributed by atoms with Gasteiger partial charge < -0.3 is 10.4 Å². The second kappa shape index (κ2) is 8.59. The Balaban J connectivity index is 2.85. The van der Waals surface area contributed by atoms with Crippen molar-refractivity contribution < 1.29 is 14.7 Å². The lowest BCUT2D eigenvalue weighted by molar-refractivity contribution is -0.139. The van der Waals surface area contributed by atoms with Crippen LogP contribution in [0.1, 0.15) is 26.2 Å². The largest absolute Gasteiger partial charge is 0.480 e. The van der Waals surface area contributed by atoms with Crippen LogP contribution in [0, 0.1) is 11.3 Å². The highest BCUT2D eigenvalue weighted by Gasteiger charge is 2.23. The van der Waals surface area contributed by atoms with E-state index in [1.54, 1.807) is 24.3 Å². The standard InChI is InChI=1S/C15H19N3O3/c1-2-7-13(14(19)20)17-15(21)18(11-6-10-16)12-8-4-3-5-9-12/h3-5,8-9,13H,2,6-7,11H2,1H3,(H,17,21)(H,19,20). The number of aliphatic carboxylic acids is 1. The molecule has 112 valence electrons. The lowest BCUT2D eigenvalue weighted by Crippen LogP contribution is -2.48. The van der Waals surface area contributed by atoms with Gasteiger partial charge in [0, 0.05) is 12.2 Å². The van der Waals surface area contributed by atoms with E-state index in [0.29, 0.717) is 18.5 Å². The fourth-order valence-corrected chi connectivity index (χ4v) is 1.89. The van der Waals surface area contributed by atoms with E-state index in [0.717, 1.165) is 0 Å². The molecule has 0 fully saturated rings. The Morgan fingerprint density at radius 2 is 2.05 bits per heavy atom. The fraction of sp³-hybridized carbons (Fsp3) is 0.400. The molecule has 0 radical (unpaired) electrons. The zero-order chi connectivity index (χ0) is 15.7. The van der Waals surface area contributed by atoms with Gasteiger partial charge in [-0.3, -0.25) is 4.90 Å². The van der Waals surface area contributed by atoms with Crippen molar-refractivity contribution in [3.05, 3.63) is 30.3 Å². The molecule has 0 bridgehead atoms. The average Bonchev–Trinajstić information content (AvgIpc) is 2.48. The molecule has 1 aromatic carbocycles.